The van der Waals surface area contributed by atoms with Gasteiger partial charge in [-0.2, -0.15) is 0 Å². The topological polar surface area (TPSA) is 55.3 Å². The lowest BCUT2D eigenvalue weighted by atomic mass is 9.96. The Labute approximate surface area is 187 Å². The number of rotatable bonds is 9. The van der Waals surface area contributed by atoms with Gasteiger partial charge in [-0.1, -0.05) is 6.07 Å². The van der Waals surface area contributed by atoms with Gasteiger partial charge in [0.05, 0.1) is 20.3 Å². The van der Waals surface area contributed by atoms with E-state index < -0.39 is 0 Å². The summed E-state index contributed by atoms with van der Waals surface area (Å²) in [4.78, 5) is 7.04. The minimum absolute atomic E-state index is 0. The van der Waals surface area contributed by atoms with E-state index in [-0.39, 0.29) is 24.0 Å². The molecule has 0 unspecified atom stereocenters. The molecular weight excluding hydrogens is 469 g/mol. The molecule has 0 bridgehead atoms. The summed E-state index contributed by atoms with van der Waals surface area (Å²) in [5.74, 6) is 3.23. The molecule has 6 nitrogen and oxygen atoms in total. The van der Waals surface area contributed by atoms with Crippen molar-refractivity contribution < 1.29 is 14.2 Å². The van der Waals surface area contributed by atoms with Crippen LogP contribution >= 0.6 is 24.0 Å². The van der Waals surface area contributed by atoms with Crippen molar-refractivity contribution in [3.8, 4) is 11.5 Å². The Balaban J connectivity index is 0.00000392. The van der Waals surface area contributed by atoms with Gasteiger partial charge in [-0.25, -0.2) is 4.99 Å². The maximum atomic E-state index is 5.67. The van der Waals surface area contributed by atoms with Crippen LogP contribution in [0, 0.1) is 5.92 Å². The van der Waals surface area contributed by atoms with Crippen molar-refractivity contribution in [1.82, 2.24) is 10.2 Å². The van der Waals surface area contributed by atoms with Gasteiger partial charge in [0.1, 0.15) is 0 Å². The van der Waals surface area contributed by atoms with E-state index in [9.17, 15) is 0 Å². The summed E-state index contributed by atoms with van der Waals surface area (Å²) in [5, 5.41) is 3.40. The minimum atomic E-state index is 0. The molecule has 160 valence electrons. The lowest BCUT2D eigenvalue weighted by molar-refractivity contribution is 0.0625. The second kappa shape index (κ2) is 13.9. The van der Waals surface area contributed by atoms with Gasteiger partial charge in [-0.05, 0) is 56.7 Å². The summed E-state index contributed by atoms with van der Waals surface area (Å²) in [6, 6.07) is 5.99. The Bertz CT molecular complexity index is 592. The van der Waals surface area contributed by atoms with Crippen molar-refractivity contribution in [2.45, 2.75) is 39.7 Å². The molecule has 2 rings (SSSR count). The Kier molecular flexibility index (Phi) is 12.3. The van der Waals surface area contributed by atoms with Gasteiger partial charge in [0, 0.05) is 33.4 Å². The number of halogens is 1. The van der Waals surface area contributed by atoms with Crippen LogP contribution in [0.25, 0.3) is 0 Å². The first kappa shape index (κ1) is 24.8. The van der Waals surface area contributed by atoms with E-state index >= 15 is 0 Å². The summed E-state index contributed by atoms with van der Waals surface area (Å²) in [7, 11) is 3.77. The number of ether oxygens (including phenoxy) is 3. The number of methoxy groups -OCH3 is 1. The van der Waals surface area contributed by atoms with Gasteiger partial charge in [-0.3, -0.25) is 0 Å². The van der Waals surface area contributed by atoms with E-state index in [0.29, 0.717) is 13.2 Å². The molecule has 1 aromatic carbocycles. The van der Waals surface area contributed by atoms with E-state index in [0.717, 1.165) is 55.2 Å². The monoisotopic (exact) mass is 505 g/mol. The van der Waals surface area contributed by atoms with Crippen LogP contribution in [0.15, 0.2) is 23.2 Å². The Morgan fingerprint density at radius 2 is 2.00 bits per heavy atom. The maximum absolute atomic E-state index is 5.67. The number of hydrogen-bond acceptors (Lipinski definition) is 4. The fourth-order valence-electron chi connectivity index (χ4n) is 3.24. The lowest BCUT2D eigenvalue weighted by Gasteiger charge is -2.26. The molecule has 0 radical (unpaired) electrons. The predicted octanol–water partition coefficient (Wildman–Crippen LogP) is 3.93. The normalized spacial score (nSPS) is 14.9. The fourth-order valence-corrected chi connectivity index (χ4v) is 3.24. The van der Waals surface area contributed by atoms with Crippen LogP contribution in [0.2, 0.25) is 0 Å². The number of benzene rings is 1. The SMILES string of the molecule is CCNC(=NCc1ccc(OC)c(OCC)c1)N(C)CCC1CCOCC1.I. The van der Waals surface area contributed by atoms with E-state index in [1.165, 1.54) is 19.3 Å². The van der Waals surface area contributed by atoms with Crippen LogP contribution in [0.4, 0.5) is 0 Å². The van der Waals surface area contributed by atoms with Crippen LogP contribution in [-0.4, -0.2) is 57.9 Å². The quantitative estimate of drug-likeness (QED) is 0.313. The third kappa shape index (κ3) is 8.03. The van der Waals surface area contributed by atoms with Crippen molar-refractivity contribution in [2.24, 2.45) is 10.9 Å². The fraction of sp³-hybridized carbons (Fsp3) is 0.667. The summed E-state index contributed by atoms with van der Waals surface area (Å²) in [5.41, 5.74) is 1.10. The molecule has 1 aromatic rings. The van der Waals surface area contributed by atoms with Gasteiger partial charge in [-0.15, -0.1) is 24.0 Å². The van der Waals surface area contributed by atoms with Gasteiger partial charge >= 0.3 is 0 Å². The Hall–Kier alpha value is -1.22. The smallest absolute Gasteiger partial charge is 0.193 e. The van der Waals surface area contributed by atoms with Crippen molar-refractivity contribution >= 4 is 29.9 Å². The highest BCUT2D eigenvalue weighted by Crippen LogP contribution is 2.28. The zero-order chi connectivity index (χ0) is 19.5. The van der Waals surface area contributed by atoms with Crippen molar-refractivity contribution in [1.29, 1.82) is 0 Å². The maximum Gasteiger partial charge on any atom is 0.193 e. The number of nitrogens with one attached hydrogen (secondary N) is 1. The molecule has 1 heterocycles. The average Bonchev–Trinajstić information content (AvgIpc) is 2.70. The number of guanidine groups is 1. The number of hydrogen-bond donors (Lipinski definition) is 1. The molecule has 0 atom stereocenters. The molecule has 0 spiro atoms. The van der Waals surface area contributed by atoms with Crippen LogP contribution in [-0.2, 0) is 11.3 Å². The summed E-state index contributed by atoms with van der Waals surface area (Å²) in [6.07, 6.45) is 3.53. The van der Waals surface area contributed by atoms with Gasteiger partial charge < -0.3 is 24.4 Å². The molecule has 1 aliphatic heterocycles. The van der Waals surface area contributed by atoms with Crippen molar-refractivity contribution in [3.05, 3.63) is 23.8 Å². The molecule has 28 heavy (non-hydrogen) atoms. The Morgan fingerprint density at radius 3 is 2.64 bits per heavy atom. The molecule has 0 aliphatic carbocycles. The molecule has 7 heteroatoms. The second-order valence-electron chi connectivity index (χ2n) is 6.85. The van der Waals surface area contributed by atoms with Crippen molar-refractivity contribution in [2.75, 3.05) is 47.1 Å². The number of aliphatic imine (C=N–C) groups is 1. The second-order valence-corrected chi connectivity index (χ2v) is 6.85. The zero-order valence-corrected chi connectivity index (χ0v) is 20.0. The molecule has 0 aromatic heterocycles. The molecule has 0 amide bonds. The molecule has 1 saturated heterocycles. The minimum Gasteiger partial charge on any atom is -0.493 e. The highest BCUT2D eigenvalue weighted by molar-refractivity contribution is 14.0. The molecular formula is C21H36IN3O3. The first-order chi connectivity index (χ1) is 13.2. The largest absolute Gasteiger partial charge is 0.493 e. The first-order valence-electron chi connectivity index (χ1n) is 10.0. The molecule has 0 saturated carbocycles. The van der Waals surface area contributed by atoms with E-state index in [1.54, 1.807) is 7.11 Å². The summed E-state index contributed by atoms with van der Waals surface area (Å²) < 4.78 is 16.5. The van der Waals surface area contributed by atoms with Gasteiger partial charge in [0.15, 0.2) is 17.5 Å². The van der Waals surface area contributed by atoms with E-state index in [4.69, 9.17) is 19.2 Å². The van der Waals surface area contributed by atoms with Crippen LogP contribution in [0.1, 0.15) is 38.7 Å². The third-order valence-corrected chi connectivity index (χ3v) is 4.85. The lowest BCUT2D eigenvalue weighted by Crippen LogP contribution is -2.40. The summed E-state index contributed by atoms with van der Waals surface area (Å²) in [6.45, 7) is 8.96. The van der Waals surface area contributed by atoms with Crippen LogP contribution < -0.4 is 14.8 Å². The highest BCUT2D eigenvalue weighted by atomic mass is 127. The molecule has 1 N–H and O–H groups in total. The van der Waals surface area contributed by atoms with Crippen LogP contribution in [0.3, 0.4) is 0 Å². The Morgan fingerprint density at radius 1 is 1.25 bits per heavy atom. The summed E-state index contributed by atoms with van der Waals surface area (Å²) >= 11 is 0. The highest BCUT2D eigenvalue weighted by Gasteiger charge is 2.15. The van der Waals surface area contributed by atoms with E-state index in [2.05, 4.69) is 24.2 Å². The van der Waals surface area contributed by atoms with E-state index in [1.807, 2.05) is 25.1 Å². The van der Waals surface area contributed by atoms with Crippen molar-refractivity contribution in [3.63, 3.8) is 0 Å². The standard InChI is InChI=1S/C21H35N3O3.HI/c1-5-22-21(24(3)12-9-17-10-13-26-14-11-17)23-16-18-7-8-19(25-4)20(15-18)27-6-2;/h7-8,15,17H,5-6,9-14,16H2,1-4H3,(H,22,23);1H. The predicted molar refractivity (Wildman–Crippen MR) is 125 cm³/mol. The zero-order valence-electron chi connectivity index (χ0n) is 17.7. The third-order valence-electron chi connectivity index (χ3n) is 4.85. The molecule has 1 fully saturated rings. The molecule has 1 aliphatic rings. The van der Waals surface area contributed by atoms with Gasteiger partial charge in [0.25, 0.3) is 0 Å². The first-order valence-corrected chi connectivity index (χ1v) is 10.0. The van der Waals surface area contributed by atoms with Gasteiger partial charge in [0.2, 0.25) is 0 Å². The number of nitrogens with zero attached hydrogens (tertiary/aromatic N) is 2. The van der Waals surface area contributed by atoms with Crippen LogP contribution in [0.5, 0.6) is 11.5 Å². The average molecular weight is 505 g/mol.